The quantitative estimate of drug-likeness (QED) is 0.721. The van der Waals surface area contributed by atoms with Crippen LogP contribution >= 0.6 is 0 Å². The van der Waals surface area contributed by atoms with Gasteiger partial charge in [-0.05, 0) is 24.6 Å². The Morgan fingerprint density at radius 2 is 1.77 bits per heavy atom. The first-order chi connectivity index (χ1) is 12.7. The molecule has 26 heavy (non-hydrogen) atoms. The number of aromatic nitrogens is 3. The number of rotatable bonds is 4. The molecule has 0 radical (unpaired) electrons. The minimum Gasteiger partial charge on any atom is -0.449 e. The normalized spacial score (nSPS) is 15.4. The van der Waals surface area contributed by atoms with Gasteiger partial charge in [0.25, 0.3) is 0 Å². The number of piperazine rings is 1. The van der Waals surface area contributed by atoms with Crippen molar-refractivity contribution in [3.63, 3.8) is 0 Å². The highest BCUT2D eigenvalue weighted by atomic mass is 16.3. The molecule has 3 aromatic rings. The van der Waals surface area contributed by atoms with Crippen molar-refractivity contribution < 1.29 is 4.42 Å². The monoisotopic (exact) mass is 349 g/mol. The molecule has 6 nitrogen and oxygen atoms in total. The maximum absolute atomic E-state index is 5.29. The molecule has 4 rings (SSSR count). The first-order valence-corrected chi connectivity index (χ1v) is 8.97. The number of anilines is 1. The van der Waals surface area contributed by atoms with Gasteiger partial charge in [-0.2, -0.15) is 0 Å². The predicted octanol–water partition coefficient (Wildman–Crippen LogP) is 3.07. The van der Waals surface area contributed by atoms with Crippen LogP contribution in [0, 0.1) is 13.8 Å². The van der Waals surface area contributed by atoms with E-state index in [0.29, 0.717) is 0 Å². The van der Waals surface area contributed by atoms with Crippen LogP contribution < -0.4 is 4.90 Å². The van der Waals surface area contributed by atoms with Gasteiger partial charge in [0.1, 0.15) is 6.26 Å². The van der Waals surface area contributed by atoms with Crippen molar-refractivity contribution in [1.82, 2.24) is 20.1 Å². The van der Waals surface area contributed by atoms with Gasteiger partial charge in [-0.15, -0.1) is 10.2 Å². The third kappa shape index (κ3) is 3.60. The van der Waals surface area contributed by atoms with E-state index in [4.69, 9.17) is 4.42 Å². The molecule has 1 aliphatic heterocycles. The molecule has 2 aromatic heterocycles. The Bertz CT molecular complexity index is 866. The lowest BCUT2D eigenvalue weighted by Crippen LogP contribution is -2.46. The molecule has 0 saturated carbocycles. The Kier molecular flexibility index (Phi) is 4.67. The van der Waals surface area contributed by atoms with E-state index < -0.39 is 0 Å². The molecule has 1 saturated heterocycles. The van der Waals surface area contributed by atoms with Gasteiger partial charge in [-0.25, -0.2) is 4.98 Å². The van der Waals surface area contributed by atoms with Gasteiger partial charge in [0.05, 0.1) is 11.4 Å². The van der Waals surface area contributed by atoms with Crippen molar-refractivity contribution in [3.8, 4) is 11.3 Å². The van der Waals surface area contributed by atoms with Crippen molar-refractivity contribution in [2.75, 3.05) is 31.1 Å². The Hall–Kier alpha value is -2.73. The molecule has 1 aromatic carbocycles. The van der Waals surface area contributed by atoms with Crippen molar-refractivity contribution >= 4 is 5.82 Å². The molecular formula is C20H23N5O. The van der Waals surface area contributed by atoms with E-state index in [0.717, 1.165) is 61.4 Å². The molecule has 0 N–H and O–H groups in total. The van der Waals surface area contributed by atoms with E-state index in [1.807, 2.05) is 19.1 Å². The maximum Gasteiger partial charge on any atom is 0.191 e. The zero-order valence-corrected chi connectivity index (χ0v) is 15.2. The second kappa shape index (κ2) is 7.25. The maximum atomic E-state index is 5.29. The van der Waals surface area contributed by atoms with Crippen LogP contribution in [0.3, 0.4) is 0 Å². The second-order valence-corrected chi connectivity index (χ2v) is 6.71. The SMILES string of the molecule is Cc1nc(CN2CCN(c3ccc(-c4ccccc4C)nn3)CC2)co1. The highest BCUT2D eigenvalue weighted by molar-refractivity contribution is 5.63. The summed E-state index contributed by atoms with van der Waals surface area (Å²) in [4.78, 5) is 9.07. The zero-order chi connectivity index (χ0) is 17.9. The van der Waals surface area contributed by atoms with Gasteiger partial charge >= 0.3 is 0 Å². The van der Waals surface area contributed by atoms with Gasteiger partial charge < -0.3 is 9.32 Å². The number of aryl methyl sites for hydroxylation is 2. The smallest absolute Gasteiger partial charge is 0.191 e. The lowest BCUT2D eigenvalue weighted by atomic mass is 10.1. The minimum absolute atomic E-state index is 0.725. The van der Waals surface area contributed by atoms with Crippen molar-refractivity contribution in [1.29, 1.82) is 0 Å². The summed E-state index contributed by atoms with van der Waals surface area (Å²) in [6, 6.07) is 12.4. The standard InChI is InChI=1S/C20H23N5O/c1-15-5-3-4-6-18(15)19-7-8-20(23-22-19)25-11-9-24(10-12-25)13-17-14-26-16(2)21-17/h3-8,14H,9-13H2,1-2H3. The molecule has 1 aliphatic rings. The van der Waals surface area contributed by atoms with Gasteiger partial charge in [-0.1, -0.05) is 24.3 Å². The van der Waals surface area contributed by atoms with Crippen LogP contribution in [0.25, 0.3) is 11.3 Å². The summed E-state index contributed by atoms with van der Waals surface area (Å²) < 4.78 is 5.29. The molecule has 0 spiro atoms. The minimum atomic E-state index is 0.725. The molecule has 0 amide bonds. The summed E-state index contributed by atoms with van der Waals surface area (Å²) in [6.07, 6.45) is 1.75. The number of oxazole rings is 1. The Balaban J connectivity index is 1.38. The molecule has 0 aliphatic carbocycles. The number of hydrogen-bond acceptors (Lipinski definition) is 6. The second-order valence-electron chi connectivity index (χ2n) is 6.71. The highest BCUT2D eigenvalue weighted by Gasteiger charge is 2.19. The van der Waals surface area contributed by atoms with Crippen molar-refractivity contribution in [2.24, 2.45) is 0 Å². The van der Waals surface area contributed by atoms with Gasteiger partial charge in [-0.3, -0.25) is 4.90 Å². The molecule has 0 bridgehead atoms. The van der Waals surface area contributed by atoms with Crippen LogP contribution in [0.15, 0.2) is 47.1 Å². The molecule has 0 unspecified atom stereocenters. The van der Waals surface area contributed by atoms with Crippen LogP contribution in [0.1, 0.15) is 17.1 Å². The predicted molar refractivity (Wildman–Crippen MR) is 101 cm³/mol. The van der Waals surface area contributed by atoms with Gasteiger partial charge in [0.15, 0.2) is 11.7 Å². The topological polar surface area (TPSA) is 58.3 Å². The van der Waals surface area contributed by atoms with Crippen LogP contribution in [0.5, 0.6) is 0 Å². The fourth-order valence-electron chi connectivity index (χ4n) is 3.34. The largest absolute Gasteiger partial charge is 0.449 e. The number of benzene rings is 1. The van der Waals surface area contributed by atoms with Crippen LogP contribution in [0.4, 0.5) is 5.82 Å². The Morgan fingerprint density at radius 1 is 0.962 bits per heavy atom. The zero-order valence-electron chi connectivity index (χ0n) is 15.2. The van der Waals surface area contributed by atoms with Gasteiger partial charge in [0.2, 0.25) is 0 Å². The third-order valence-corrected chi connectivity index (χ3v) is 4.82. The average Bonchev–Trinajstić information content (AvgIpc) is 3.08. The summed E-state index contributed by atoms with van der Waals surface area (Å²) >= 11 is 0. The fourth-order valence-corrected chi connectivity index (χ4v) is 3.34. The first kappa shape index (κ1) is 16.7. The molecule has 1 fully saturated rings. The Labute approximate surface area is 153 Å². The van der Waals surface area contributed by atoms with E-state index in [1.54, 1.807) is 6.26 Å². The highest BCUT2D eigenvalue weighted by Crippen LogP contribution is 2.22. The average molecular weight is 349 g/mol. The van der Waals surface area contributed by atoms with E-state index in [2.05, 4.69) is 56.2 Å². The summed E-state index contributed by atoms with van der Waals surface area (Å²) in [5.41, 5.74) is 4.27. The van der Waals surface area contributed by atoms with E-state index in [-0.39, 0.29) is 0 Å². The molecular weight excluding hydrogens is 326 g/mol. The van der Waals surface area contributed by atoms with E-state index >= 15 is 0 Å². The lowest BCUT2D eigenvalue weighted by molar-refractivity contribution is 0.246. The summed E-state index contributed by atoms with van der Waals surface area (Å²) in [5, 5.41) is 8.91. The molecule has 3 heterocycles. The third-order valence-electron chi connectivity index (χ3n) is 4.82. The summed E-state index contributed by atoms with van der Waals surface area (Å²) in [7, 11) is 0. The van der Waals surface area contributed by atoms with Gasteiger partial charge in [0, 0.05) is 45.2 Å². The van der Waals surface area contributed by atoms with Crippen molar-refractivity contribution in [2.45, 2.75) is 20.4 Å². The molecule has 0 atom stereocenters. The van der Waals surface area contributed by atoms with E-state index in [1.165, 1.54) is 5.56 Å². The fraction of sp³-hybridized carbons (Fsp3) is 0.350. The number of nitrogens with zero attached hydrogens (tertiary/aromatic N) is 5. The first-order valence-electron chi connectivity index (χ1n) is 8.97. The van der Waals surface area contributed by atoms with Crippen molar-refractivity contribution in [3.05, 3.63) is 59.8 Å². The summed E-state index contributed by atoms with van der Waals surface area (Å²) in [5.74, 6) is 1.67. The van der Waals surface area contributed by atoms with Crippen LogP contribution in [-0.4, -0.2) is 46.3 Å². The summed E-state index contributed by atoms with van der Waals surface area (Å²) in [6.45, 7) is 8.65. The van der Waals surface area contributed by atoms with Crippen LogP contribution in [0.2, 0.25) is 0 Å². The van der Waals surface area contributed by atoms with E-state index in [9.17, 15) is 0 Å². The Morgan fingerprint density at radius 3 is 2.42 bits per heavy atom. The molecule has 6 heteroatoms. The lowest BCUT2D eigenvalue weighted by Gasteiger charge is -2.34. The number of hydrogen-bond donors (Lipinski definition) is 0. The molecule has 134 valence electrons. The van der Waals surface area contributed by atoms with Crippen LogP contribution in [-0.2, 0) is 6.54 Å².